The first kappa shape index (κ1) is 15.4. The average molecular weight is 243 g/mol. The van der Waals surface area contributed by atoms with Crippen LogP contribution in [0.15, 0.2) is 17.6 Å². The van der Waals surface area contributed by atoms with Crippen LogP contribution in [-0.4, -0.2) is 49.6 Å². The van der Waals surface area contributed by atoms with E-state index >= 15 is 0 Å². The van der Waals surface area contributed by atoms with Crippen molar-refractivity contribution in [2.75, 3.05) is 38.7 Å². The molecular weight excluding hydrogens is 218 g/mol. The van der Waals surface area contributed by atoms with E-state index in [0.29, 0.717) is 0 Å². The second kappa shape index (κ2) is 10.9. The smallest absolute Gasteiger partial charge is 0.193 e. The lowest BCUT2D eigenvalue weighted by molar-refractivity contribution is 0.470. The van der Waals surface area contributed by atoms with Gasteiger partial charge in [0.15, 0.2) is 5.96 Å². The molecule has 0 saturated carbocycles. The second-order valence-corrected chi connectivity index (χ2v) is 4.57. The van der Waals surface area contributed by atoms with E-state index in [1.54, 1.807) is 0 Å². The molecular formula is C12H25N3S. The Morgan fingerprint density at radius 1 is 1.56 bits per heavy atom. The molecule has 0 spiro atoms. The third-order valence-corrected chi connectivity index (χ3v) is 2.75. The maximum Gasteiger partial charge on any atom is 0.193 e. The van der Waals surface area contributed by atoms with Gasteiger partial charge in [-0.05, 0) is 26.0 Å². The van der Waals surface area contributed by atoms with E-state index in [1.165, 1.54) is 0 Å². The minimum atomic E-state index is 0.884. The topological polar surface area (TPSA) is 27.6 Å². The van der Waals surface area contributed by atoms with Gasteiger partial charge in [-0.1, -0.05) is 6.08 Å². The SMILES string of the molecule is C=CCCCN(C)C(=NCCSC)NCC. The first-order chi connectivity index (χ1) is 7.76. The lowest BCUT2D eigenvalue weighted by Gasteiger charge is -2.21. The van der Waals surface area contributed by atoms with Gasteiger partial charge in [-0.25, -0.2) is 0 Å². The zero-order chi connectivity index (χ0) is 12.2. The summed E-state index contributed by atoms with van der Waals surface area (Å²) in [7, 11) is 2.09. The molecule has 16 heavy (non-hydrogen) atoms. The second-order valence-electron chi connectivity index (χ2n) is 3.58. The molecule has 0 aromatic rings. The number of nitrogens with one attached hydrogen (secondary N) is 1. The van der Waals surface area contributed by atoms with Gasteiger partial charge >= 0.3 is 0 Å². The number of hydrogen-bond acceptors (Lipinski definition) is 2. The zero-order valence-electron chi connectivity index (χ0n) is 10.8. The van der Waals surface area contributed by atoms with Gasteiger partial charge in [0.05, 0.1) is 6.54 Å². The summed E-state index contributed by atoms with van der Waals surface area (Å²) < 4.78 is 0. The Labute approximate surface area is 104 Å². The minimum Gasteiger partial charge on any atom is -0.357 e. The normalized spacial score (nSPS) is 11.3. The van der Waals surface area contributed by atoms with Crippen LogP contribution in [-0.2, 0) is 0 Å². The van der Waals surface area contributed by atoms with Crippen molar-refractivity contribution in [2.45, 2.75) is 19.8 Å². The third-order valence-electron chi connectivity index (χ3n) is 2.16. The van der Waals surface area contributed by atoms with Crippen molar-refractivity contribution >= 4 is 17.7 Å². The van der Waals surface area contributed by atoms with Gasteiger partial charge in [0.25, 0.3) is 0 Å². The number of aliphatic imine (C=N–C) groups is 1. The predicted molar refractivity (Wildman–Crippen MR) is 76.4 cm³/mol. The molecule has 0 radical (unpaired) electrons. The van der Waals surface area contributed by atoms with E-state index in [4.69, 9.17) is 0 Å². The minimum absolute atomic E-state index is 0.884. The molecule has 0 heterocycles. The fraction of sp³-hybridized carbons (Fsp3) is 0.750. The summed E-state index contributed by atoms with van der Waals surface area (Å²) in [6.45, 7) is 8.66. The lowest BCUT2D eigenvalue weighted by Crippen LogP contribution is -2.39. The molecule has 0 aromatic heterocycles. The van der Waals surface area contributed by atoms with Crippen molar-refractivity contribution in [1.82, 2.24) is 10.2 Å². The molecule has 0 bridgehead atoms. The molecule has 0 atom stereocenters. The highest BCUT2D eigenvalue weighted by Crippen LogP contribution is 1.96. The first-order valence-electron chi connectivity index (χ1n) is 5.85. The molecule has 0 fully saturated rings. The van der Waals surface area contributed by atoms with Crippen LogP contribution in [0.2, 0.25) is 0 Å². The van der Waals surface area contributed by atoms with Crippen LogP contribution < -0.4 is 5.32 Å². The van der Waals surface area contributed by atoms with Crippen molar-refractivity contribution in [3.8, 4) is 0 Å². The number of allylic oxidation sites excluding steroid dienone is 1. The quantitative estimate of drug-likeness (QED) is 0.306. The highest BCUT2D eigenvalue weighted by molar-refractivity contribution is 7.98. The van der Waals surface area contributed by atoms with Gasteiger partial charge in [0.2, 0.25) is 0 Å². The van der Waals surface area contributed by atoms with Crippen LogP contribution in [0.25, 0.3) is 0 Å². The molecule has 94 valence electrons. The molecule has 3 nitrogen and oxygen atoms in total. The summed E-state index contributed by atoms with van der Waals surface area (Å²) in [5, 5.41) is 3.31. The number of rotatable bonds is 8. The van der Waals surface area contributed by atoms with E-state index in [0.717, 1.165) is 44.2 Å². The first-order valence-corrected chi connectivity index (χ1v) is 7.24. The molecule has 0 aliphatic rings. The van der Waals surface area contributed by atoms with Crippen LogP contribution >= 0.6 is 11.8 Å². The predicted octanol–water partition coefficient (Wildman–Crippen LogP) is 2.21. The number of hydrogen-bond donors (Lipinski definition) is 1. The van der Waals surface area contributed by atoms with Gasteiger partial charge in [-0.2, -0.15) is 11.8 Å². The van der Waals surface area contributed by atoms with E-state index in [-0.39, 0.29) is 0 Å². The molecule has 0 aliphatic carbocycles. The monoisotopic (exact) mass is 243 g/mol. The number of guanidine groups is 1. The van der Waals surface area contributed by atoms with Crippen LogP contribution in [0, 0.1) is 0 Å². The summed E-state index contributed by atoms with van der Waals surface area (Å²) in [6.07, 6.45) is 6.27. The highest BCUT2D eigenvalue weighted by Gasteiger charge is 2.03. The molecule has 0 saturated heterocycles. The van der Waals surface area contributed by atoms with Crippen LogP contribution in [0.1, 0.15) is 19.8 Å². The molecule has 0 unspecified atom stereocenters. The average Bonchev–Trinajstić information content (AvgIpc) is 2.28. The van der Waals surface area contributed by atoms with Crippen molar-refractivity contribution in [1.29, 1.82) is 0 Å². The van der Waals surface area contributed by atoms with Crippen molar-refractivity contribution in [3.05, 3.63) is 12.7 Å². The van der Waals surface area contributed by atoms with Crippen LogP contribution in [0.3, 0.4) is 0 Å². The van der Waals surface area contributed by atoms with Gasteiger partial charge in [-0.15, -0.1) is 6.58 Å². The van der Waals surface area contributed by atoms with Crippen LogP contribution in [0.4, 0.5) is 0 Å². The third kappa shape index (κ3) is 7.63. The summed E-state index contributed by atoms with van der Waals surface area (Å²) in [6, 6.07) is 0. The fourth-order valence-corrected chi connectivity index (χ4v) is 1.57. The molecule has 0 rings (SSSR count). The standard InChI is InChI=1S/C12H25N3S/c1-5-7-8-10-15(3)12(13-6-2)14-9-11-16-4/h5H,1,6-11H2,2-4H3,(H,13,14). The number of unbranched alkanes of at least 4 members (excludes halogenated alkanes) is 1. The maximum absolute atomic E-state index is 4.57. The van der Waals surface area contributed by atoms with E-state index in [2.05, 4.69) is 42.0 Å². The fourth-order valence-electron chi connectivity index (χ4n) is 1.29. The Morgan fingerprint density at radius 3 is 2.88 bits per heavy atom. The Hall–Kier alpha value is -0.640. The Kier molecular flexibility index (Phi) is 10.4. The summed E-state index contributed by atoms with van der Waals surface area (Å²) >= 11 is 1.83. The number of thioether (sulfide) groups is 1. The number of nitrogens with zero attached hydrogens (tertiary/aromatic N) is 2. The van der Waals surface area contributed by atoms with Gasteiger partial charge in [0, 0.05) is 25.9 Å². The van der Waals surface area contributed by atoms with Crippen molar-refractivity contribution in [3.63, 3.8) is 0 Å². The van der Waals surface area contributed by atoms with Gasteiger partial charge in [-0.3, -0.25) is 4.99 Å². The summed E-state index contributed by atoms with van der Waals surface area (Å²) in [5.41, 5.74) is 0. The molecule has 0 aliphatic heterocycles. The largest absolute Gasteiger partial charge is 0.357 e. The lowest BCUT2D eigenvalue weighted by atomic mass is 10.3. The summed E-state index contributed by atoms with van der Waals surface area (Å²) in [5.74, 6) is 2.09. The highest BCUT2D eigenvalue weighted by atomic mass is 32.2. The molecule has 1 N–H and O–H groups in total. The molecule has 0 amide bonds. The Bertz CT molecular complexity index is 204. The Morgan fingerprint density at radius 2 is 2.31 bits per heavy atom. The van der Waals surface area contributed by atoms with E-state index in [1.807, 2.05) is 17.8 Å². The van der Waals surface area contributed by atoms with Gasteiger partial charge < -0.3 is 10.2 Å². The van der Waals surface area contributed by atoms with E-state index in [9.17, 15) is 0 Å². The van der Waals surface area contributed by atoms with Crippen molar-refractivity contribution in [2.24, 2.45) is 4.99 Å². The zero-order valence-corrected chi connectivity index (χ0v) is 11.6. The molecule has 4 heteroatoms. The van der Waals surface area contributed by atoms with E-state index < -0.39 is 0 Å². The Balaban J connectivity index is 4.05. The molecule has 0 aromatic carbocycles. The van der Waals surface area contributed by atoms with Gasteiger partial charge in [0.1, 0.15) is 0 Å². The van der Waals surface area contributed by atoms with Crippen molar-refractivity contribution < 1.29 is 0 Å². The summed E-state index contributed by atoms with van der Waals surface area (Å²) in [4.78, 5) is 6.75. The van der Waals surface area contributed by atoms with Crippen LogP contribution in [0.5, 0.6) is 0 Å². The maximum atomic E-state index is 4.57.